The number of aromatic nitrogens is 1. The van der Waals surface area contributed by atoms with Crippen LogP contribution in [0.2, 0.25) is 0 Å². The van der Waals surface area contributed by atoms with Crippen molar-refractivity contribution in [1.29, 1.82) is 0 Å². The average molecular weight is 420 g/mol. The van der Waals surface area contributed by atoms with Crippen molar-refractivity contribution in [2.45, 2.75) is 26.4 Å². The molecule has 0 saturated carbocycles. The Bertz CT molecular complexity index is 1170. The van der Waals surface area contributed by atoms with E-state index in [0.29, 0.717) is 25.2 Å². The summed E-state index contributed by atoms with van der Waals surface area (Å²) in [5.74, 6) is -0.797. The maximum atomic E-state index is 12.8. The number of carbonyl (C=O) groups excluding carboxylic acids is 3. The maximum Gasteiger partial charge on any atom is 0.326 e. The van der Waals surface area contributed by atoms with Crippen LogP contribution in [0.1, 0.15) is 34.1 Å². The summed E-state index contributed by atoms with van der Waals surface area (Å²) in [6, 6.07) is 14.6. The number of benzene rings is 2. The second-order valence-electron chi connectivity index (χ2n) is 7.59. The molecule has 2 aromatic carbocycles. The first-order chi connectivity index (χ1) is 14.9. The molecule has 0 fully saturated rings. The highest BCUT2D eigenvalue weighted by Crippen LogP contribution is 2.30. The van der Waals surface area contributed by atoms with Gasteiger partial charge in [-0.3, -0.25) is 19.7 Å². The van der Waals surface area contributed by atoms with Gasteiger partial charge in [-0.05, 0) is 36.2 Å². The zero-order valence-electron chi connectivity index (χ0n) is 17.5. The van der Waals surface area contributed by atoms with E-state index in [-0.39, 0.29) is 18.4 Å². The number of rotatable bonds is 4. The van der Waals surface area contributed by atoms with Crippen molar-refractivity contribution in [3.63, 3.8) is 0 Å². The van der Waals surface area contributed by atoms with E-state index in [4.69, 9.17) is 5.21 Å². The molecule has 0 saturated heterocycles. The number of carbonyl (C=O) groups is 3. The number of urea groups is 1. The minimum atomic E-state index is -0.567. The van der Waals surface area contributed by atoms with Crippen molar-refractivity contribution < 1.29 is 19.6 Å². The SMILES string of the molecule is CCN1Cc2c(c3ccccc3n2Cc2ccc(C(=O)NO)cc2)CC(=O)N(C)C1=O. The second kappa shape index (κ2) is 8.23. The Morgan fingerprint density at radius 2 is 1.81 bits per heavy atom. The lowest BCUT2D eigenvalue weighted by atomic mass is 10.1. The van der Waals surface area contributed by atoms with E-state index in [2.05, 4.69) is 4.57 Å². The number of para-hydroxylation sites is 1. The fraction of sp³-hybridized carbons (Fsp3) is 0.261. The molecule has 0 unspecified atom stereocenters. The van der Waals surface area contributed by atoms with Crippen LogP contribution in [0.25, 0.3) is 10.9 Å². The third-order valence-electron chi connectivity index (χ3n) is 5.83. The van der Waals surface area contributed by atoms with E-state index in [1.165, 1.54) is 11.9 Å². The molecule has 4 rings (SSSR count). The van der Waals surface area contributed by atoms with Crippen molar-refractivity contribution in [2.24, 2.45) is 0 Å². The van der Waals surface area contributed by atoms with Crippen LogP contribution in [-0.2, 0) is 24.3 Å². The predicted molar refractivity (Wildman–Crippen MR) is 115 cm³/mol. The summed E-state index contributed by atoms with van der Waals surface area (Å²) >= 11 is 0. The lowest BCUT2D eigenvalue weighted by Crippen LogP contribution is -2.46. The predicted octanol–water partition coefficient (Wildman–Crippen LogP) is 2.77. The molecule has 0 atom stereocenters. The molecule has 4 amide bonds. The van der Waals surface area contributed by atoms with Crippen LogP contribution in [0.4, 0.5) is 4.79 Å². The second-order valence-corrected chi connectivity index (χ2v) is 7.59. The molecular formula is C23H24N4O4. The molecular weight excluding hydrogens is 396 g/mol. The lowest BCUT2D eigenvalue weighted by molar-refractivity contribution is -0.127. The Balaban J connectivity index is 1.82. The minimum absolute atomic E-state index is 0.165. The molecule has 0 radical (unpaired) electrons. The van der Waals surface area contributed by atoms with Gasteiger partial charge >= 0.3 is 6.03 Å². The fourth-order valence-electron chi connectivity index (χ4n) is 4.08. The molecule has 3 aromatic rings. The summed E-state index contributed by atoms with van der Waals surface area (Å²) in [6.45, 7) is 3.31. The standard InChI is InChI=1S/C23H24N4O4/c1-3-26-14-20-18(12-21(28)25(2)23(26)30)17-6-4-5-7-19(17)27(20)13-15-8-10-16(11-9-15)22(29)24-31/h4-11,31H,3,12-14H2,1-2H3,(H,24,29). The van der Waals surface area contributed by atoms with Crippen LogP contribution in [0, 0.1) is 0 Å². The molecule has 1 aromatic heterocycles. The van der Waals surface area contributed by atoms with Crippen LogP contribution in [0.5, 0.6) is 0 Å². The average Bonchev–Trinajstić information content (AvgIpc) is 3.07. The third kappa shape index (κ3) is 3.66. The van der Waals surface area contributed by atoms with E-state index in [0.717, 1.165) is 27.7 Å². The first kappa shape index (κ1) is 20.6. The van der Waals surface area contributed by atoms with Gasteiger partial charge in [0.1, 0.15) is 0 Å². The Labute approximate surface area is 179 Å². The van der Waals surface area contributed by atoms with E-state index < -0.39 is 5.91 Å². The summed E-state index contributed by atoms with van der Waals surface area (Å²) in [7, 11) is 1.53. The highest BCUT2D eigenvalue weighted by molar-refractivity contribution is 5.99. The summed E-state index contributed by atoms with van der Waals surface area (Å²) in [6.07, 6.45) is 0.165. The summed E-state index contributed by atoms with van der Waals surface area (Å²) in [5.41, 5.74) is 5.81. The fourth-order valence-corrected chi connectivity index (χ4v) is 4.08. The first-order valence-corrected chi connectivity index (χ1v) is 10.1. The molecule has 1 aliphatic rings. The molecule has 0 aliphatic carbocycles. The van der Waals surface area contributed by atoms with Gasteiger partial charge in [0.2, 0.25) is 5.91 Å². The van der Waals surface area contributed by atoms with Gasteiger partial charge in [-0.2, -0.15) is 0 Å². The molecule has 0 spiro atoms. The van der Waals surface area contributed by atoms with Gasteiger partial charge in [0.15, 0.2) is 0 Å². The Hall–Kier alpha value is -3.65. The normalized spacial score (nSPS) is 14.4. The number of likely N-dealkylation sites (N-methyl/N-ethyl adjacent to an activating group) is 1. The topological polar surface area (TPSA) is 94.9 Å². The number of hydrogen-bond acceptors (Lipinski definition) is 4. The number of nitrogens with one attached hydrogen (secondary N) is 1. The van der Waals surface area contributed by atoms with E-state index in [9.17, 15) is 14.4 Å². The number of fused-ring (bicyclic) bond motifs is 3. The smallest absolute Gasteiger partial charge is 0.326 e. The van der Waals surface area contributed by atoms with Crippen LogP contribution >= 0.6 is 0 Å². The quantitative estimate of drug-likeness (QED) is 0.501. The molecule has 8 nitrogen and oxygen atoms in total. The maximum absolute atomic E-state index is 12.8. The van der Waals surface area contributed by atoms with Crippen LogP contribution < -0.4 is 5.48 Å². The van der Waals surface area contributed by atoms with E-state index >= 15 is 0 Å². The van der Waals surface area contributed by atoms with Gasteiger partial charge in [-0.1, -0.05) is 30.3 Å². The summed E-state index contributed by atoms with van der Waals surface area (Å²) < 4.78 is 2.14. The third-order valence-corrected chi connectivity index (χ3v) is 5.83. The van der Waals surface area contributed by atoms with E-state index in [1.54, 1.807) is 22.5 Å². The molecule has 0 bridgehead atoms. The first-order valence-electron chi connectivity index (χ1n) is 10.1. The van der Waals surface area contributed by atoms with Crippen molar-refractivity contribution >= 4 is 28.7 Å². The molecule has 31 heavy (non-hydrogen) atoms. The van der Waals surface area contributed by atoms with Crippen molar-refractivity contribution in [3.05, 3.63) is 70.9 Å². The molecule has 2 heterocycles. The van der Waals surface area contributed by atoms with Gasteiger partial charge < -0.3 is 9.47 Å². The Morgan fingerprint density at radius 3 is 2.48 bits per heavy atom. The summed E-state index contributed by atoms with van der Waals surface area (Å²) in [5, 5.41) is 9.81. The Morgan fingerprint density at radius 1 is 1.10 bits per heavy atom. The zero-order valence-corrected chi connectivity index (χ0v) is 17.5. The largest absolute Gasteiger partial charge is 0.338 e. The van der Waals surface area contributed by atoms with Gasteiger partial charge in [0.25, 0.3) is 5.91 Å². The zero-order chi connectivity index (χ0) is 22.1. The number of hydrogen-bond donors (Lipinski definition) is 2. The Kier molecular flexibility index (Phi) is 5.48. The van der Waals surface area contributed by atoms with Gasteiger partial charge in [0.05, 0.1) is 13.0 Å². The molecule has 8 heteroatoms. The van der Waals surface area contributed by atoms with Crippen molar-refractivity contribution in [3.8, 4) is 0 Å². The highest BCUT2D eigenvalue weighted by atomic mass is 16.5. The van der Waals surface area contributed by atoms with Gasteiger partial charge in [0, 0.05) is 42.3 Å². The van der Waals surface area contributed by atoms with E-state index in [1.807, 2.05) is 43.3 Å². The van der Waals surface area contributed by atoms with Crippen LogP contribution in [0.15, 0.2) is 48.5 Å². The highest BCUT2D eigenvalue weighted by Gasteiger charge is 2.30. The number of imide groups is 1. The van der Waals surface area contributed by atoms with Crippen molar-refractivity contribution in [2.75, 3.05) is 13.6 Å². The van der Waals surface area contributed by atoms with Crippen LogP contribution in [-0.4, -0.2) is 51.0 Å². The van der Waals surface area contributed by atoms with Gasteiger partial charge in [-0.25, -0.2) is 10.3 Å². The molecule has 2 N–H and O–H groups in total. The lowest BCUT2D eigenvalue weighted by Gasteiger charge is -2.29. The van der Waals surface area contributed by atoms with Crippen LogP contribution in [0.3, 0.4) is 0 Å². The number of amides is 4. The monoisotopic (exact) mass is 420 g/mol. The summed E-state index contributed by atoms with van der Waals surface area (Å²) in [4.78, 5) is 39.9. The van der Waals surface area contributed by atoms with Crippen molar-refractivity contribution in [1.82, 2.24) is 19.8 Å². The molecule has 1 aliphatic heterocycles. The van der Waals surface area contributed by atoms with Gasteiger partial charge in [-0.15, -0.1) is 0 Å². The number of nitrogens with zero attached hydrogens (tertiary/aromatic N) is 3. The minimum Gasteiger partial charge on any atom is -0.338 e. The molecule has 160 valence electrons. The number of hydroxylamine groups is 1.